The number of halogens is 2. The number of Topliss-reactive ketones (excluding diaryl/α,β-unsaturated/α-hetero) is 1. The van der Waals surface area contributed by atoms with Gasteiger partial charge in [0.05, 0.1) is 34.6 Å². The van der Waals surface area contributed by atoms with Crippen molar-refractivity contribution in [2.24, 2.45) is 11.8 Å². The number of para-hydroxylation sites is 2. The van der Waals surface area contributed by atoms with Crippen molar-refractivity contribution in [1.82, 2.24) is 0 Å². The molecule has 0 fully saturated rings. The van der Waals surface area contributed by atoms with E-state index in [-0.39, 0.29) is 11.7 Å². The lowest BCUT2D eigenvalue weighted by Crippen LogP contribution is -2.39. The third-order valence-corrected chi connectivity index (χ3v) is 6.24. The largest absolute Gasteiger partial charge is 0.468 e. The molecule has 0 spiro atoms. The van der Waals surface area contributed by atoms with Crippen LogP contribution in [0.15, 0.2) is 53.7 Å². The molecule has 1 aliphatic carbocycles. The Labute approximate surface area is 179 Å². The number of carbonyl (C=O) groups excluding carboxylic acids is 2. The minimum absolute atomic E-state index is 0.180. The number of ketones is 1. The van der Waals surface area contributed by atoms with Gasteiger partial charge in [-0.25, -0.2) is 0 Å². The highest BCUT2D eigenvalue weighted by Crippen LogP contribution is 2.44. The molecule has 4 rings (SSSR count). The summed E-state index contributed by atoms with van der Waals surface area (Å²) in [7, 11) is 1.31. The van der Waals surface area contributed by atoms with Crippen LogP contribution in [0.25, 0.3) is 0 Å². The van der Waals surface area contributed by atoms with Crippen LogP contribution in [-0.4, -0.2) is 18.9 Å². The fourth-order valence-electron chi connectivity index (χ4n) is 4.08. The summed E-state index contributed by atoms with van der Waals surface area (Å²) >= 11 is 12.4. The van der Waals surface area contributed by atoms with Crippen LogP contribution in [0, 0.1) is 11.8 Å². The molecule has 2 aliphatic rings. The van der Waals surface area contributed by atoms with E-state index < -0.39 is 17.9 Å². The lowest BCUT2D eigenvalue weighted by atomic mass is 9.75. The van der Waals surface area contributed by atoms with Crippen molar-refractivity contribution in [2.45, 2.75) is 19.4 Å². The van der Waals surface area contributed by atoms with Gasteiger partial charge in [-0.2, -0.15) is 0 Å². The lowest BCUT2D eigenvalue weighted by Gasteiger charge is -2.32. The molecule has 0 amide bonds. The molecule has 2 aromatic carbocycles. The van der Waals surface area contributed by atoms with Crippen LogP contribution in [0.2, 0.25) is 10.0 Å². The second-order valence-electron chi connectivity index (χ2n) is 7.36. The van der Waals surface area contributed by atoms with E-state index >= 15 is 0 Å². The van der Waals surface area contributed by atoms with Crippen LogP contribution < -0.4 is 10.6 Å². The number of nitrogens with one attached hydrogen (secondary N) is 2. The first-order valence-corrected chi connectivity index (χ1v) is 10.1. The molecule has 0 bridgehead atoms. The van der Waals surface area contributed by atoms with Gasteiger partial charge in [0.15, 0.2) is 5.78 Å². The number of hydrogen-bond acceptors (Lipinski definition) is 5. The highest BCUT2D eigenvalue weighted by Gasteiger charge is 2.44. The van der Waals surface area contributed by atoms with Crippen molar-refractivity contribution in [2.75, 3.05) is 17.7 Å². The van der Waals surface area contributed by atoms with Crippen LogP contribution in [-0.2, 0) is 14.3 Å². The number of fused-ring (bicyclic) bond motifs is 1. The molecule has 3 atom stereocenters. The van der Waals surface area contributed by atoms with Crippen molar-refractivity contribution in [1.29, 1.82) is 0 Å². The van der Waals surface area contributed by atoms with Gasteiger partial charge in [0.25, 0.3) is 0 Å². The van der Waals surface area contributed by atoms with Crippen LogP contribution in [0.3, 0.4) is 0 Å². The van der Waals surface area contributed by atoms with Crippen molar-refractivity contribution in [3.63, 3.8) is 0 Å². The molecule has 0 saturated carbocycles. The predicted molar refractivity (Wildman–Crippen MR) is 114 cm³/mol. The van der Waals surface area contributed by atoms with Gasteiger partial charge in [-0.3, -0.25) is 9.59 Å². The normalized spacial score (nSPS) is 23.3. The van der Waals surface area contributed by atoms with Gasteiger partial charge in [0.2, 0.25) is 0 Å². The molecule has 1 aliphatic heterocycles. The van der Waals surface area contributed by atoms with E-state index in [2.05, 4.69) is 10.6 Å². The fourth-order valence-corrected chi connectivity index (χ4v) is 4.38. The first kappa shape index (κ1) is 19.8. The van der Waals surface area contributed by atoms with Gasteiger partial charge < -0.3 is 15.4 Å². The summed E-state index contributed by atoms with van der Waals surface area (Å²) in [6.07, 6.45) is 0.550. The Morgan fingerprint density at radius 1 is 1.10 bits per heavy atom. The molecule has 150 valence electrons. The number of methoxy groups -OCH3 is 1. The number of benzene rings is 2. The predicted octanol–water partition coefficient (Wildman–Crippen LogP) is 5.22. The van der Waals surface area contributed by atoms with Crippen LogP contribution in [0.5, 0.6) is 0 Å². The Morgan fingerprint density at radius 3 is 2.52 bits per heavy atom. The zero-order valence-electron chi connectivity index (χ0n) is 16.0. The Bertz CT molecular complexity index is 1030. The average molecular weight is 431 g/mol. The standard InChI is InChI=1S/C22H20Cl2N2O3/c1-11-9-17-19(21(27)18(11)22(28)29-2)20(12-7-8-13(23)14(24)10-12)26-16-6-4-3-5-15(16)25-17/h3-8,10-11,18,20,25-26H,9H2,1-2H3. The molecule has 2 N–H and O–H groups in total. The summed E-state index contributed by atoms with van der Waals surface area (Å²) < 4.78 is 4.92. The smallest absolute Gasteiger partial charge is 0.316 e. The Hall–Kier alpha value is -2.50. The third kappa shape index (κ3) is 3.49. The lowest BCUT2D eigenvalue weighted by molar-refractivity contribution is -0.151. The van der Waals surface area contributed by atoms with E-state index in [1.54, 1.807) is 12.1 Å². The van der Waals surface area contributed by atoms with E-state index in [1.165, 1.54) is 7.11 Å². The molecule has 0 radical (unpaired) electrons. The summed E-state index contributed by atoms with van der Waals surface area (Å²) in [5, 5.41) is 7.70. The first-order valence-electron chi connectivity index (χ1n) is 9.33. The second kappa shape index (κ2) is 7.73. The third-order valence-electron chi connectivity index (χ3n) is 5.50. The molecule has 1 heterocycles. The maximum absolute atomic E-state index is 13.5. The van der Waals surface area contributed by atoms with Gasteiger partial charge >= 0.3 is 5.97 Å². The van der Waals surface area contributed by atoms with Crippen molar-refractivity contribution >= 4 is 46.3 Å². The van der Waals surface area contributed by atoms with E-state index in [0.717, 1.165) is 22.6 Å². The average Bonchev–Trinajstić information content (AvgIpc) is 2.86. The van der Waals surface area contributed by atoms with Crippen molar-refractivity contribution in [3.8, 4) is 0 Å². The Morgan fingerprint density at radius 2 is 1.83 bits per heavy atom. The molecule has 3 unspecified atom stereocenters. The molecule has 0 saturated heterocycles. The number of esters is 1. The number of anilines is 2. The summed E-state index contributed by atoms with van der Waals surface area (Å²) in [4.78, 5) is 25.9. The monoisotopic (exact) mass is 430 g/mol. The molecular weight excluding hydrogens is 411 g/mol. The zero-order valence-corrected chi connectivity index (χ0v) is 17.5. The number of allylic oxidation sites excluding steroid dienone is 1. The topological polar surface area (TPSA) is 67.4 Å². The highest BCUT2D eigenvalue weighted by atomic mass is 35.5. The Balaban J connectivity index is 1.89. The molecular formula is C22H20Cl2N2O3. The zero-order chi connectivity index (χ0) is 20.7. The number of carbonyl (C=O) groups is 2. The number of ether oxygens (including phenoxy) is 1. The highest BCUT2D eigenvalue weighted by molar-refractivity contribution is 6.42. The minimum Gasteiger partial charge on any atom is -0.468 e. The first-order chi connectivity index (χ1) is 13.9. The van der Waals surface area contributed by atoms with Gasteiger partial charge in [-0.05, 0) is 42.2 Å². The second-order valence-corrected chi connectivity index (χ2v) is 8.17. The number of hydrogen-bond donors (Lipinski definition) is 2. The van der Waals surface area contributed by atoms with Crippen molar-refractivity contribution in [3.05, 3.63) is 69.3 Å². The van der Waals surface area contributed by atoms with Crippen LogP contribution in [0.1, 0.15) is 24.9 Å². The fraction of sp³-hybridized carbons (Fsp3) is 0.273. The Kier molecular flexibility index (Phi) is 5.28. The molecule has 7 heteroatoms. The summed E-state index contributed by atoms with van der Waals surface area (Å²) in [6.45, 7) is 1.89. The SMILES string of the molecule is COC(=O)C1C(=O)C2=C(CC1C)Nc1ccccc1NC2c1ccc(Cl)c(Cl)c1. The van der Waals surface area contributed by atoms with Gasteiger partial charge in [0, 0.05) is 11.3 Å². The van der Waals surface area contributed by atoms with E-state index in [0.29, 0.717) is 22.0 Å². The number of rotatable bonds is 2. The van der Waals surface area contributed by atoms with Gasteiger partial charge in [-0.15, -0.1) is 0 Å². The molecule has 0 aromatic heterocycles. The molecule has 2 aromatic rings. The van der Waals surface area contributed by atoms with E-state index in [9.17, 15) is 9.59 Å². The van der Waals surface area contributed by atoms with Crippen LogP contribution >= 0.6 is 23.2 Å². The van der Waals surface area contributed by atoms with E-state index in [4.69, 9.17) is 27.9 Å². The summed E-state index contributed by atoms with van der Waals surface area (Å²) in [5.41, 5.74) is 3.84. The minimum atomic E-state index is -0.839. The maximum Gasteiger partial charge on any atom is 0.316 e. The molecule has 29 heavy (non-hydrogen) atoms. The summed E-state index contributed by atoms with van der Waals surface area (Å²) in [6, 6.07) is 12.6. The maximum atomic E-state index is 13.5. The van der Waals surface area contributed by atoms with Crippen molar-refractivity contribution < 1.29 is 14.3 Å². The summed E-state index contributed by atoms with van der Waals surface area (Å²) in [5.74, 6) is -1.77. The van der Waals surface area contributed by atoms with Gasteiger partial charge in [0.1, 0.15) is 5.92 Å². The van der Waals surface area contributed by atoms with E-state index in [1.807, 2.05) is 37.3 Å². The van der Waals surface area contributed by atoms with Crippen LogP contribution in [0.4, 0.5) is 11.4 Å². The quantitative estimate of drug-likeness (QED) is 0.504. The van der Waals surface area contributed by atoms with Gasteiger partial charge in [-0.1, -0.05) is 48.3 Å². The molecule has 5 nitrogen and oxygen atoms in total.